The van der Waals surface area contributed by atoms with Gasteiger partial charge in [0, 0.05) is 44.5 Å². The Labute approximate surface area is 119 Å². The molecule has 2 aliphatic rings. The number of halogens is 1. The summed E-state index contributed by atoms with van der Waals surface area (Å²) >= 11 is 3.49. The molecule has 2 fully saturated rings. The van der Waals surface area contributed by atoms with E-state index >= 15 is 0 Å². The Morgan fingerprint density at radius 2 is 1.83 bits per heavy atom. The SMILES string of the molecule is CC1CC(C)CN(CCN2CC(CBr)CC2=O)C1. The van der Waals surface area contributed by atoms with E-state index in [1.54, 1.807) is 0 Å². The number of hydrogen-bond acceptors (Lipinski definition) is 2. The summed E-state index contributed by atoms with van der Waals surface area (Å²) in [6, 6.07) is 0. The van der Waals surface area contributed by atoms with Gasteiger partial charge in [-0.25, -0.2) is 0 Å². The molecule has 3 atom stereocenters. The molecule has 0 bridgehead atoms. The molecule has 104 valence electrons. The Hall–Kier alpha value is -0.0900. The van der Waals surface area contributed by atoms with Crippen molar-refractivity contribution in [2.45, 2.75) is 26.7 Å². The average Bonchev–Trinajstić information content (AvgIpc) is 2.66. The molecule has 2 saturated heterocycles. The zero-order valence-electron chi connectivity index (χ0n) is 11.6. The highest BCUT2D eigenvalue weighted by Crippen LogP contribution is 2.22. The molecule has 2 rings (SSSR count). The summed E-state index contributed by atoms with van der Waals surface area (Å²) in [5, 5.41) is 0.951. The largest absolute Gasteiger partial charge is 0.341 e. The fourth-order valence-corrected chi connectivity index (χ4v) is 3.84. The van der Waals surface area contributed by atoms with E-state index in [0.717, 1.165) is 43.2 Å². The van der Waals surface area contributed by atoms with Gasteiger partial charge < -0.3 is 9.80 Å². The Morgan fingerprint density at radius 1 is 1.17 bits per heavy atom. The molecule has 0 aromatic carbocycles. The number of hydrogen-bond donors (Lipinski definition) is 0. The first-order valence-corrected chi connectivity index (χ1v) is 8.26. The van der Waals surface area contributed by atoms with Crippen molar-refractivity contribution < 1.29 is 4.79 Å². The van der Waals surface area contributed by atoms with Crippen LogP contribution in [-0.2, 0) is 4.79 Å². The third-order valence-corrected chi connectivity index (χ3v) is 5.06. The molecule has 0 aromatic rings. The van der Waals surface area contributed by atoms with Crippen LogP contribution in [0.15, 0.2) is 0 Å². The molecule has 4 heteroatoms. The predicted molar refractivity (Wildman–Crippen MR) is 77.9 cm³/mol. The monoisotopic (exact) mass is 316 g/mol. The second kappa shape index (κ2) is 6.38. The highest BCUT2D eigenvalue weighted by molar-refractivity contribution is 9.09. The Balaban J connectivity index is 1.76. The zero-order chi connectivity index (χ0) is 13.1. The number of nitrogens with zero attached hydrogens (tertiary/aromatic N) is 2. The number of carbonyl (C=O) groups excluding carboxylic acids is 1. The summed E-state index contributed by atoms with van der Waals surface area (Å²) in [6.45, 7) is 10.00. The van der Waals surface area contributed by atoms with Crippen LogP contribution in [0.5, 0.6) is 0 Å². The normalized spacial score (nSPS) is 34.3. The van der Waals surface area contributed by atoms with Crippen LogP contribution < -0.4 is 0 Å². The van der Waals surface area contributed by atoms with Crippen LogP contribution in [0.3, 0.4) is 0 Å². The topological polar surface area (TPSA) is 23.6 Å². The minimum atomic E-state index is 0.345. The zero-order valence-corrected chi connectivity index (χ0v) is 13.2. The summed E-state index contributed by atoms with van der Waals surface area (Å²) in [4.78, 5) is 16.4. The lowest BCUT2D eigenvalue weighted by molar-refractivity contribution is -0.127. The smallest absolute Gasteiger partial charge is 0.222 e. The van der Waals surface area contributed by atoms with Crippen molar-refractivity contribution in [3.05, 3.63) is 0 Å². The van der Waals surface area contributed by atoms with Crippen molar-refractivity contribution in [3.63, 3.8) is 0 Å². The van der Waals surface area contributed by atoms with Crippen LogP contribution in [-0.4, -0.2) is 53.8 Å². The van der Waals surface area contributed by atoms with Gasteiger partial charge in [-0.2, -0.15) is 0 Å². The second-order valence-electron chi connectivity index (χ2n) is 6.27. The van der Waals surface area contributed by atoms with Gasteiger partial charge in [-0.3, -0.25) is 4.79 Å². The lowest BCUT2D eigenvalue weighted by Gasteiger charge is -2.35. The van der Waals surface area contributed by atoms with E-state index in [1.807, 2.05) is 0 Å². The number of carbonyl (C=O) groups is 1. The van der Waals surface area contributed by atoms with Crippen LogP contribution in [0.25, 0.3) is 0 Å². The first-order valence-electron chi connectivity index (χ1n) is 7.14. The Morgan fingerprint density at radius 3 is 2.39 bits per heavy atom. The van der Waals surface area contributed by atoms with Crippen molar-refractivity contribution >= 4 is 21.8 Å². The summed E-state index contributed by atoms with van der Waals surface area (Å²) in [6.07, 6.45) is 2.09. The van der Waals surface area contributed by atoms with Gasteiger partial charge in [-0.05, 0) is 24.2 Å². The molecule has 0 radical (unpaired) electrons. The third-order valence-electron chi connectivity index (χ3n) is 4.14. The van der Waals surface area contributed by atoms with Crippen LogP contribution in [0, 0.1) is 17.8 Å². The highest BCUT2D eigenvalue weighted by atomic mass is 79.9. The van der Waals surface area contributed by atoms with E-state index in [4.69, 9.17) is 0 Å². The number of likely N-dealkylation sites (tertiary alicyclic amines) is 2. The van der Waals surface area contributed by atoms with Gasteiger partial charge in [0.05, 0.1) is 0 Å². The van der Waals surface area contributed by atoms with E-state index < -0.39 is 0 Å². The molecule has 0 N–H and O–H groups in total. The quantitative estimate of drug-likeness (QED) is 0.742. The molecule has 1 amide bonds. The maximum atomic E-state index is 11.8. The molecule has 3 nitrogen and oxygen atoms in total. The molecular formula is C14H25BrN2O. The van der Waals surface area contributed by atoms with Gasteiger partial charge in [0.15, 0.2) is 0 Å². The van der Waals surface area contributed by atoms with Gasteiger partial charge in [-0.1, -0.05) is 29.8 Å². The lowest BCUT2D eigenvalue weighted by atomic mass is 9.92. The molecule has 2 aliphatic heterocycles. The number of amides is 1. The van der Waals surface area contributed by atoms with E-state index in [-0.39, 0.29) is 0 Å². The Bertz CT molecular complexity index is 288. The average molecular weight is 317 g/mol. The highest BCUT2D eigenvalue weighted by Gasteiger charge is 2.29. The molecular weight excluding hydrogens is 292 g/mol. The van der Waals surface area contributed by atoms with Gasteiger partial charge >= 0.3 is 0 Å². The van der Waals surface area contributed by atoms with E-state index in [2.05, 4.69) is 39.6 Å². The predicted octanol–water partition coefficient (Wildman–Crippen LogP) is 2.21. The van der Waals surface area contributed by atoms with Crippen molar-refractivity contribution in [3.8, 4) is 0 Å². The van der Waals surface area contributed by atoms with Crippen molar-refractivity contribution in [2.24, 2.45) is 17.8 Å². The van der Waals surface area contributed by atoms with Crippen molar-refractivity contribution in [2.75, 3.05) is 38.1 Å². The molecule has 18 heavy (non-hydrogen) atoms. The van der Waals surface area contributed by atoms with E-state index in [1.165, 1.54) is 19.5 Å². The molecule has 0 aliphatic carbocycles. The van der Waals surface area contributed by atoms with Gasteiger partial charge in [-0.15, -0.1) is 0 Å². The molecule has 0 spiro atoms. The number of piperidine rings is 1. The summed E-state index contributed by atoms with van der Waals surface area (Å²) < 4.78 is 0. The van der Waals surface area contributed by atoms with E-state index in [9.17, 15) is 4.79 Å². The minimum Gasteiger partial charge on any atom is -0.341 e. The summed E-state index contributed by atoms with van der Waals surface area (Å²) in [5.41, 5.74) is 0. The standard InChI is InChI=1S/C14H25BrN2O/c1-11-5-12(2)9-16(8-11)3-4-17-10-13(7-15)6-14(17)18/h11-13H,3-10H2,1-2H3. The maximum absolute atomic E-state index is 11.8. The molecule has 0 saturated carbocycles. The summed E-state index contributed by atoms with van der Waals surface area (Å²) in [5.74, 6) is 2.48. The molecule has 2 heterocycles. The maximum Gasteiger partial charge on any atom is 0.222 e. The molecule has 3 unspecified atom stereocenters. The van der Waals surface area contributed by atoms with Gasteiger partial charge in [0.2, 0.25) is 5.91 Å². The van der Waals surface area contributed by atoms with Crippen molar-refractivity contribution in [1.29, 1.82) is 0 Å². The fraction of sp³-hybridized carbons (Fsp3) is 0.929. The second-order valence-corrected chi connectivity index (χ2v) is 6.92. The molecule has 0 aromatic heterocycles. The number of alkyl halides is 1. The summed E-state index contributed by atoms with van der Waals surface area (Å²) in [7, 11) is 0. The van der Waals surface area contributed by atoms with Crippen LogP contribution in [0.2, 0.25) is 0 Å². The fourth-order valence-electron chi connectivity index (χ4n) is 3.41. The Kier molecular flexibility index (Phi) is 5.07. The van der Waals surface area contributed by atoms with Gasteiger partial charge in [0.25, 0.3) is 0 Å². The number of rotatable bonds is 4. The van der Waals surface area contributed by atoms with E-state index in [0.29, 0.717) is 11.8 Å². The van der Waals surface area contributed by atoms with Gasteiger partial charge in [0.1, 0.15) is 0 Å². The lowest BCUT2D eigenvalue weighted by Crippen LogP contribution is -2.43. The first-order chi connectivity index (χ1) is 8.58. The third kappa shape index (κ3) is 3.70. The van der Waals surface area contributed by atoms with Crippen LogP contribution in [0.4, 0.5) is 0 Å². The van der Waals surface area contributed by atoms with Crippen molar-refractivity contribution in [1.82, 2.24) is 9.80 Å². The minimum absolute atomic E-state index is 0.345. The first kappa shape index (κ1) is 14.3. The van der Waals surface area contributed by atoms with Crippen LogP contribution >= 0.6 is 15.9 Å². The van der Waals surface area contributed by atoms with Crippen LogP contribution in [0.1, 0.15) is 26.7 Å².